The van der Waals surface area contributed by atoms with Crippen molar-refractivity contribution in [1.82, 2.24) is 4.90 Å². The average Bonchev–Trinajstić information content (AvgIpc) is 2.28. The van der Waals surface area contributed by atoms with Crippen molar-refractivity contribution >= 4 is 21.9 Å². The molecule has 0 saturated carbocycles. The van der Waals surface area contributed by atoms with Crippen LogP contribution in [-0.2, 0) is 16.1 Å². The monoisotopic (exact) mass is 299 g/mol. The van der Waals surface area contributed by atoms with Gasteiger partial charge in [0.1, 0.15) is 0 Å². The lowest BCUT2D eigenvalue weighted by atomic mass is 10.1. The van der Waals surface area contributed by atoms with Crippen molar-refractivity contribution in [3.05, 3.63) is 34.3 Å². The topological polar surface area (TPSA) is 29.5 Å². The van der Waals surface area contributed by atoms with Crippen LogP contribution in [0, 0.1) is 0 Å². The van der Waals surface area contributed by atoms with E-state index < -0.39 is 0 Å². The summed E-state index contributed by atoms with van der Waals surface area (Å²) in [5.74, 6) is -0.168. The Morgan fingerprint density at radius 2 is 2.24 bits per heavy atom. The molecule has 0 heterocycles. The van der Waals surface area contributed by atoms with E-state index in [4.69, 9.17) is 0 Å². The molecule has 1 atom stereocenters. The van der Waals surface area contributed by atoms with Gasteiger partial charge in [-0.15, -0.1) is 0 Å². The standard InChI is InChI=1S/C13H18BrNO2/c1-10(7-13(16)17-3)15(2)9-11-5-4-6-12(14)8-11/h4-6,8,10H,7,9H2,1-3H3. The maximum atomic E-state index is 11.2. The summed E-state index contributed by atoms with van der Waals surface area (Å²) in [6, 6.07) is 8.34. The number of benzene rings is 1. The Kier molecular flexibility index (Phi) is 5.65. The molecule has 0 radical (unpaired) electrons. The zero-order valence-corrected chi connectivity index (χ0v) is 12.0. The normalized spacial score (nSPS) is 12.5. The summed E-state index contributed by atoms with van der Waals surface area (Å²) >= 11 is 3.45. The molecule has 17 heavy (non-hydrogen) atoms. The number of hydrogen-bond donors (Lipinski definition) is 0. The zero-order chi connectivity index (χ0) is 12.8. The van der Waals surface area contributed by atoms with Gasteiger partial charge in [-0.05, 0) is 31.7 Å². The molecule has 1 unspecified atom stereocenters. The van der Waals surface area contributed by atoms with Crippen molar-refractivity contribution in [3.8, 4) is 0 Å². The Balaban J connectivity index is 2.53. The molecule has 3 nitrogen and oxygen atoms in total. The van der Waals surface area contributed by atoms with Gasteiger partial charge in [0.25, 0.3) is 0 Å². The van der Waals surface area contributed by atoms with E-state index in [0.29, 0.717) is 6.42 Å². The van der Waals surface area contributed by atoms with E-state index >= 15 is 0 Å². The van der Waals surface area contributed by atoms with Crippen LogP contribution in [0.4, 0.5) is 0 Å². The van der Waals surface area contributed by atoms with Crippen LogP contribution < -0.4 is 0 Å². The molecule has 0 spiro atoms. The molecule has 0 fully saturated rings. The van der Waals surface area contributed by atoms with E-state index in [9.17, 15) is 4.79 Å². The Morgan fingerprint density at radius 1 is 1.53 bits per heavy atom. The van der Waals surface area contributed by atoms with Crippen molar-refractivity contribution in [2.24, 2.45) is 0 Å². The molecular weight excluding hydrogens is 282 g/mol. The number of esters is 1. The second-order valence-corrected chi connectivity index (χ2v) is 5.09. The van der Waals surface area contributed by atoms with E-state index in [-0.39, 0.29) is 12.0 Å². The third-order valence-corrected chi connectivity index (χ3v) is 3.26. The van der Waals surface area contributed by atoms with Gasteiger partial charge in [0.2, 0.25) is 0 Å². The minimum Gasteiger partial charge on any atom is -0.469 e. The van der Waals surface area contributed by atoms with Crippen LogP contribution in [0.2, 0.25) is 0 Å². The molecule has 0 aliphatic carbocycles. The summed E-state index contributed by atoms with van der Waals surface area (Å²) in [4.78, 5) is 13.3. The SMILES string of the molecule is COC(=O)CC(C)N(C)Cc1cccc(Br)c1. The van der Waals surface area contributed by atoms with Crippen molar-refractivity contribution in [3.63, 3.8) is 0 Å². The summed E-state index contributed by atoms with van der Waals surface area (Å²) in [6.45, 7) is 2.84. The van der Waals surface area contributed by atoms with Crippen LogP contribution in [0.5, 0.6) is 0 Å². The van der Waals surface area contributed by atoms with Crippen molar-refractivity contribution in [2.45, 2.75) is 25.9 Å². The lowest BCUT2D eigenvalue weighted by Gasteiger charge is -2.23. The van der Waals surface area contributed by atoms with Crippen LogP contribution in [0.15, 0.2) is 28.7 Å². The molecule has 0 amide bonds. The minimum atomic E-state index is -0.168. The van der Waals surface area contributed by atoms with Crippen LogP contribution in [0.1, 0.15) is 18.9 Å². The van der Waals surface area contributed by atoms with Crippen LogP contribution in [-0.4, -0.2) is 31.1 Å². The predicted octanol–water partition coefficient (Wildman–Crippen LogP) is 2.83. The fraction of sp³-hybridized carbons (Fsp3) is 0.462. The predicted molar refractivity (Wildman–Crippen MR) is 71.7 cm³/mol. The molecular formula is C13H18BrNO2. The van der Waals surface area contributed by atoms with E-state index in [0.717, 1.165) is 11.0 Å². The molecule has 1 aromatic carbocycles. The summed E-state index contributed by atoms with van der Waals surface area (Å²) in [5.41, 5.74) is 1.22. The second kappa shape index (κ2) is 6.77. The molecule has 0 aliphatic heterocycles. The van der Waals surface area contributed by atoms with Gasteiger partial charge in [0.05, 0.1) is 13.5 Å². The molecule has 0 aliphatic rings. The van der Waals surface area contributed by atoms with Gasteiger partial charge in [0.15, 0.2) is 0 Å². The minimum absolute atomic E-state index is 0.168. The average molecular weight is 300 g/mol. The fourth-order valence-corrected chi connectivity index (χ4v) is 2.01. The maximum Gasteiger partial charge on any atom is 0.307 e. The largest absolute Gasteiger partial charge is 0.469 e. The van der Waals surface area contributed by atoms with E-state index in [1.807, 2.05) is 26.1 Å². The summed E-state index contributed by atoms with van der Waals surface area (Å²) in [5, 5.41) is 0. The highest BCUT2D eigenvalue weighted by atomic mass is 79.9. The van der Waals surface area contributed by atoms with E-state index in [1.54, 1.807) is 0 Å². The zero-order valence-electron chi connectivity index (χ0n) is 10.4. The van der Waals surface area contributed by atoms with Gasteiger partial charge in [0, 0.05) is 17.1 Å². The van der Waals surface area contributed by atoms with Gasteiger partial charge in [-0.1, -0.05) is 28.1 Å². The first-order valence-electron chi connectivity index (χ1n) is 5.54. The highest BCUT2D eigenvalue weighted by Gasteiger charge is 2.14. The van der Waals surface area contributed by atoms with Crippen molar-refractivity contribution in [2.75, 3.05) is 14.2 Å². The summed E-state index contributed by atoms with van der Waals surface area (Å²) < 4.78 is 5.74. The van der Waals surface area contributed by atoms with Crippen LogP contribution in [0.25, 0.3) is 0 Å². The number of carbonyl (C=O) groups is 1. The van der Waals surface area contributed by atoms with E-state index in [2.05, 4.69) is 37.7 Å². The quantitative estimate of drug-likeness (QED) is 0.783. The Bertz CT molecular complexity index is 381. The van der Waals surface area contributed by atoms with Crippen LogP contribution in [0.3, 0.4) is 0 Å². The molecule has 1 rings (SSSR count). The van der Waals surface area contributed by atoms with Crippen molar-refractivity contribution in [1.29, 1.82) is 0 Å². The summed E-state index contributed by atoms with van der Waals surface area (Å²) in [6.07, 6.45) is 0.418. The smallest absolute Gasteiger partial charge is 0.307 e. The molecule has 4 heteroatoms. The lowest BCUT2D eigenvalue weighted by molar-refractivity contribution is -0.141. The second-order valence-electron chi connectivity index (χ2n) is 4.17. The van der Waals surface area contributed by atoms with E-state index in [1.165, 1.54) is 12.7 Å². The van der Waals surface area contributed by atoms with Crippen molar-refractivity contribution < 1.29 is 9.53 Å². The van der Waals surface area contributed by atoms with Crippen LogP contribution >= 0.6 is 15.9 Å². The number of carbonyl (C=O) groups excluding carboxylic acids is 1. The molecule has 0 aromatic heterocycles. The van der Waals surface area contributed by atoms with Gasteiger partial charge in [-0.3, -0.25) is 9.69 Å². The van der Waals surface area contributed by atoms with Gasteiger partial charge in [-0.2, -0.15) is 0 Å². The number of hydrogen-bond acceptors (Lipinski definition) is 3. The Hall–Kier alpha value is -0.870. The highest BCUT2D eigenvalue weighted by molar-refractivity contribution is 9.10. The molecule has 0 bridgehead atoms. The molecule has 94 valence electrons. The number of nitrogens with zero attached hydrogens (tertiary/aromatic N) is 1. The molecule has 1 aromatic rings. The first-order chi connectivity index (χ1) is 8.02. The number of halogens is 1. The summed E-state index contributed by atoms with van der Waals surface area (Å²) in [7, 11) is 3.43. The Morgan fingerprint density at radius 3 is 2.82 bits per heavy atom. The van der Waals surface area contributed by atoms with Gasteiger partial charge >= 0.3 is 5.97 Å². The Labute approximate surface area is 111 Å². The maximum absolute atomic E-state index is 11.2. The number of ether oxygens (including phenoxy) is 1. The van der Waals surface area contributed by atoms with Gasteiger partial charge in [-0.25, -0.2) is 0 Å². The molecule has 0 saturated heterocycles. The fourth-order valence-electron chi connectivity index (χ4n) is 1.56. The third-order valence-electron chi connectivity index (χ3n) is 2.76. The lowest BCUT2D eigenvalue weighted by Crippen LogP contribution is -2.31. The number of rotatable bonds is 5. The van der Waals surface area contributed by atoms with Gasteiger partial charge < -0.3 is 4.74 Å². The first-order valence-corrected chi connectivity index (χ1v) is 6.33. The number of methoxy groups -OCH3 is 1. The first kappa shape index (κ1) is 14.2. The third kappa shape index (κ3) is 4.88. The highest BCUT2D eigenvalue weighted by Crippen LogP contribution is 2.14. The molecule has 0 N–H and O–H groups in total.